The van der Waals surface area contributed by atoms with Crippen LogP contribution >= 0.6 is 34.9 Å². The van der Waals surface area contributed by atoms with Crippen LogP contribution in [0.2, 0.25) is 10.0 Å². The van der Waals surface area contributed by atoms with E-state index in [0.717, 1.165) is 17.1 Å². The number of likely N-dealkylation sites (tertiary alicyclic amines) is 1. The number of sulfonamides is 1. The average Bonchev–Trinajstić information content (AvgIpc) is 3.12. The van der Waals surface area contributed by atoms with Gasteiger partial charge in [-0.1, -0.05) is 29.8 Å². The molecule has 146 valence electrons. The lowest BCUT2D eigenvalue weighted by molar-refractivity contribution is -0.130. The van der Waals surface area contributed by atoms with Crippen molar-refractivity contribution in [3.63, 3.8) is 0 Å². The summed E-state index contributed by atoms with van der Waals surface area (Å²) in [4.78, 5) is 14.2. The summed E-state index contributed by atoms with van der Waals surface area (Å²) in [5.41, 5.74) is 1.59. The van der Waals surface area contributed by atoms with Gasteiger partial charge in [-0.25, -0.2) is 13.1 Å². The maximum atomic E-state index is 12.5. The van der Waals surface area contributed by atoms with Crippen LogP contribution in [0.3, 0.4) is 0 Å². The summed E-state index contributed by atoms with van der Waals surface area (Å²) in [6.07, 6.45) is 1.08. The van der Waals surface area contributed by atoms with E-state index in [1.807, 2.05) is 0 Å². The number of nitrogens with one attached hydrogen (secondary N) is 2. The van der Waals surface area contributed by atoms with Gasteiger partial charge in [-0.15, -0.1) is 0 Å². The molecule has 27 heavy (non-hydrogen) atoms. The molecule has 3 rings (SSSR count). The van der Waals surface area contributed by atoms with Crippen molar-refractivity contribution in [3.05, 3.63) is 28.1 Å². The van der Waals surface area contributed by atoms with Gasteiger partial charge in [-0.2, -0.15) is 8.75 Å². The maximum Gasteiger partial charge on any atom is 0.241 e. The van der Waals surface area contributed by atoms with E-state index in [9.17, 15) is 13.2 Å². The number of amides is 1. The van der Waals surface area contributed by atoms with Crippen LogP contribution < -0.4 is 10.0 Å². The summed E-state index contributed by atoms with van der Waals surface area (Å²) in [5, 5.41) is 4.68. The van der Waals surface area contributed by atoms with Crippen molar-refractivity contribution in [1.82, 2.24) is 18.4 Å². The fraction of sp³-hybridized carbons (Fsp3) is 0.400. The zero-order chi connectivity index (χ0) is 19.6. The Bertz CT molecular complexity index is 971. The number of fused-ring (bicyclic) bond motifs is 1. The van der Waals surface area contributed by atoms with Crippen LogP contribution in [0.1, 0.15) is 12.8 Å². The predicted octanol–water partition coefficient (Wildman–Crippen LogP) is 2.46. The number of piperidine rings is 1. The molecule has 1 aliphatic rings. The number of halogens is 2. The van der Waals surface area contributed by atoms with Crippen LogP contribution in [0.5, 0.6) is 0 Å². The SMILES string of the molecule is C=CS(=O)(=O)NC1CCN(C(=O)CNc2c(Cl)cc(Cl)c3nsnc23)CC1. The topological polar surface area (TPSA) is 104 Å². The maximum absolute atomic E-state index is 12.5. The summed E-state index contributed by atoms with van der Waals surface area (Å²) in [6.45, 7) is 4.24. The predicted molar refractivity (Wildman–Crippen MR) is 108 cm³/mol. The zero-order valence-electron chi connectivity index (χ0n) is 14.1. The van der Waals surface area contributed by atoms with Crippen LogP contribution in [-0.2, 0) is 14.8 Å². The third-order valence-electron chi connectivity index (χ3n) is 4.26. The molecule has 0 radical (unpaired) electrons. The molecule has 0 bridgehead atoms. The Balaban J connectivity index is 1.58. The van der Waals surface area contributed by atoms with Crippen LogP contribution in [0.4, 0.5) is 5.69 Å². The second-order valence-electron chi connectivity index (χ2n) is 6.01. The van der Waals surface area contributed by atoms with Crippen LogP contribution in [0.15, 0.2) is 18.1 Å². The highest BCUT2D eigenvalue weighted by Gasteiger charge is 2.25. The van der Waals surface area contributed by atoms with E-state index in [2.05, 4.69) is 25.4 Å². The largest absolute Gasteiger partial charge is 0.373 e. The van der Waals surface area contributed by atoms with Gasteiger partial charge in [0.25, 0.3) is 0 Å². The molecule has 2 N–H and O–H groups in total. The number of benzene rings is 1. The van der Waals surface area contributed by atoms with Gasteiger partial charge in [0.1, 0.15) is 11.0 Å². The molecular weight excluding hydrogens is 433 g/mol. The molecular formula is C15H17Cl2N5O3S2. The summed E-state index contributed by atoms with van der Waals surface area (Å²) in [5.74, 6) is -0.109. The summed E-state index contributed by atoms with van der Waals surface area (Å²) < 4.78 is 33.9. The van der Waals surface area contributed by atoms with E-state index in [1.54, 1.807) is 11.0 Å². The van der Waals surface area contributed by atoms with Crippen molar-refractivity contribution in [1.29, 1.82) is 0 Å². The third kappa shape index (κ3) is 4.69. The van der Waals surface area contributed by atoms with Gasteiger partial charge in [-0.05, 0) is 18.9 Å². The number of rotatable bonds is 6. The zero-order valence-corrected chi connectivity index (χ0v) is 17.3. The first-order valence-corrected chi connectivity index (χ1v) is 11.1. The molecule has 2 aromatic rings. The van der Waals surface area contributed by atoms with Crippen molar-refractivity contribution < 1.29 is 13.2 Å². The van der Waals surface area contributed by atoms with E-state index >= 15 is 0 Å². The fourth-order valence-corrected chi connectivity index (χ4v) is 4.82. The quantitative estimate of drug-likeness (QED) is 0.701. The lowest BCUT2D eigenvalue weighted by Crippen LogP contribution is -2.47. The van der Waals surface area contributed by atoms with Crippen LogP contribution in [-0.4, -0.2) is 53.6 Å². The Morgan fingerprint density at radius 3 is 2.63 bits per heavy atom. The number of aromatic nitrogens is 2. The van der Waals surface area contributed by atoms with Crippen molar-refractivity contribution in [3.8, 4) is 0 Å². The lowest BCUT2D eigenvalue weighted by Gasteiger charge is -2.32. The molecule has 1 aromatic heterocycles. The molecule has 0 saturated carbocycles. The van der Waals surface area contributed by atoms with Crippen molar-refractivity contribution in [2.45, 2.75) is 18.9 Å². The molecule has 0 aliphatic carbocycles. The Labute approximate surface area is 170 Å². The smallest absolute Gasteiger partial charge is 0.241 e. The second kappa shape index (κ2) is 8.27. The van der Waals surface area contributed by atoms with Gasteiger partial charge in [0, 0.05) is 24.5 Å². The molecule has 1 fully saturated rings. The molecule has 1 amide bonds. The minimum atomic E-state index is -3.47. The van der Waals surface area contributed by atoms with Crippen molar-refractivity contribution in [2.24, 2.45) is 0 Å². The first-order valence-electron chi connectivity index (χ1n) is 8.07. The minimum Gasteiger partial charge on any atom is -0.373 e. The van der Waals surface area contributed by atoms with Gasteiger partial charge < -0.3 is 10.2 Å². The molecule has 0 unspecified atom stereocenters. The number of carbonyl (C=O) groups excluding carboxylic acids is 1. The standard InChI is InChI=1S/C15H17Cl2N5O3S2/c1-2-27(24,25)21-9-3-5-22(6-4-9)12(23)8-18-13-10(16)7-11(17)14-15(13)20-26-19-14/h2,7,9,18,21H,1,3-6,8H2. The second-order valence-corrected chi connectivity index (χ2v) is 9.02. The van der Waals surface area contributed by atoms with Gasteiger partial charge >= 0.3 is 0 Å². The molecule has 0 atom stereocenters. The molecule has 8 nitrogen and oxygen atoms in total. The van der Waals surface area contributed by atoms with Crippen LogP contribution in [0.25, 0.3) is 11.0 Å². The van der Waals surface area contributed by atoms with Crippen LogP contribution in [0, 0.1) is 0 Å². The Hall–Kier alpha value is -1.46. The number of carbonyl (C=O) groups is 1. The van der Waals surface area contributed by atoms with Gasteiger partial charge in [0.15, 0.2) is 0 Å². The number of hydrogen-bond donors (Lipinski definition) is 2. The molecule has 1 aliphatic heterocycles. The summed E-state index contributed by atoms with van der Waals surface area (Å²) in [7, 11) is -3.47. The van der Waals surface area contributed by atoms with Crippen molar-refractivity contribution >= 4 is 67.6 Å². The highest BCUT2D eigenvalue weighted by Crippen LogP contribution is 2.35. The monoisotopic (exact) mass is 449 g/mol. The number of anilines is 1. The Kier molecular flexibility index (Phi) is 6.21. The molecule has 1 saturated heterocycles. The first-order chi connectivity index (χ1) is 12.8. The highest BCUT2D eigenvalue weighted by molar-refractivity contribution is 7.92. The summed E-state index contributed by atoms with van der Waals surface area (Å²) >= 11 is 13.3. The van der Waals surface area contributed by atoms with E-state index in [1.165, 1.54) is 0 Å². The number of hydrogen-bond acceptors (Lipinski definition) is 7. The van der Waals surface area contributed by atoms with Gasteiger partial charge in [0.05, 0.1) is 34.0 Å². The average molecular weight is 450 g/mol. The highest BCUT2D eigenvalue weighted by atomic mass is 35.5. The van der Waals surface area contributed by atoms with Gasteiger partial charge in [0.2, 0.25) is 15.9 Å². The van der Waals surface area contributed by atoms with E-state index in [0.29, 0.717) is 52.7 Å². The third-order valence-corrected chi connectivity index (χ3v) is 6.47. The minimum absolute atomic E-state index is 0.0387. The molecule has 12 heteroatoms. The first kappa shape index (κ1) is 20.3. The van der Waals surface area contributed by atoms with Crippen molar-refractivity contribution in [2.75, 3.05) is 25.0 Å². The molecule has 2 heterocycles. The van der Waals surface area contributed by atoms with Gasteiger partial charge in [-0.3, -0.25) is 4.79 Å². The number of nitrogens with zero attached hydrogens (tertiary/aromatic N) is 3. The Morgan fingerprint density at radius 2 is 1.96 bits per heavy atom. The fourth-order valence-electron chi connectivity index (χ4n) is 2.85. The van der Waals surface area contributed by atoms with E-state index in [4.69, 9.17) is 23.2 Å². The molecule has 0 spiro atoms. The molecule has 1 aromatic carbocycles. The Morgan fingerprint density at radius 1 is 1.30 bits per heavy atom. The summed E-state index contributed by atoms with van der Waals surface area (Å²) in [6, 6.07) is 1.37. The van der Waals surface area contributed by atoms with E-state index in [-0.39, 0.29) is 18.5 Å². The normalized spacial score (nSPS) is 15.9. The van der Waals surface area contributed by atoms with E-state index < -0.39 is 10.0 Å². The lowest BCUT2D eigenvalue weighted by atomic mass is 10.1.